The Bertz CT molecular complexity index is 726. The van der Waals surface area contributed by atoms with Crippen LogP contribution in [0.25, 0.3) is 11.5 Å². The number of hydrogen-bond donors (Lipinski definition) is 0. The lowest BCUT2D eigenvalue weighted by Crippen LogP contribution is -2.31. The van der Waals surface area contributed by atoms with Crippen LogP contribution >= 0.6 is 23.8 Å². The number of carbonyl (C=O) groups excluding carboxylic acids is 1. The van der Waals surface area contributed by atoms with Crippen molar-refractivity contribution in [3.8, 4) is 11.5 Å². The number of aromatic nitrogens is 2. The smallest absolute Gasteiger partial charge is 0.309 e. The van der Waals surface area contributed by atoms with E-state index >= 15 is 0 Å². The summed E-state index contributed by atoms with van der Waals surface area (Å²) < 4.78 is 11.8. The molecule has 124 valence electrons. The molecule has 0 saturated heterocycles. The van der Waals surface area contributed by atoms with Crippen LogP contribution in [0.1, 0.15) is 6.92 Å². The van der Waals surface area contributed by atoms with Crippen LogP contribution in [0.4, 0.5) is 0 Å². The highest BCUT2D eigenvalue weighted by Crippen LogP contribution is 2.20. The maximum absolute atomic E-state index is 11.5. The largest absolute Gasteiger partial charge is 0.469 e. The molecule has 6 nitrogen and oxygen atoms in total. The fraction of sp³-hybridized carbons (Fsp3) is 0.400. The molecule has 0 aliphatic carbocycles. The Morgan fingerprint density at radius 2 is 2.13 bits per heavy atom. The van der Waals surface area contributed by atoms with Gasteiger partial charge in [0, 0.05) is 17.1 Å². The third kappa shape index (κ3) is 4.63. The van der Waals surface area contributed by atoms with Crippen molar-refractivity contribution < 1.29 is 13.9 Å². The molecule has 0 aliphatic rings. The second-order valence-corrected chi connectivity index (χ2v) is 6.07. The predicted molar refractivity (Wildman–Crippen MR) is 89.6 cm³/mol. The van der Waals surface area contributed by atoms with Gasteiger partial charge in [0.2, 0.25) is 5.89 Å². The lowest BCUT2D eigenvalue weighted by molar-refractivity contribution is -0.145. The van der Waals surface area contributed by atoms with E-state index in [1.807, 2.05) is 31.0 Å². The van der Waals surface area contributed by atoms with Crippen molar-refractivity contribution in [1.29, 1.82) is 0 Å². The summed E-state index contributed by atoms with van der Waals surface area (Å²) in [4.78, 5) is 13.7. The maximum Gasteiger partial charge on any atom is 0.309 e. The number of nitrogens with zero attached hydrogens (tertiary/aromatic N) is 3. The summed E-state index contributed by atoms with van der Waals surface area (Å²) >= 11 is 11.1. The van der Waals surface area contributed by atoms with E-state index in [1.54, 1.807) is 16.8 Å². The first-order chi connectivity index (χ1) is 10.9. The van der Waals surface area contributed by atoms with Gasteiger partial charge in [0.15, 0.2) is 0 Å². The van der Waals surface area contributed by atoms with Gasteiger partial charge in [0.1, 0.15) is 0 Å². The highest BCUT2D eigenvalue weighted by Gasteiger charge is 2.17. The zero-order valence-corrected chi connectivity index (χ0v) is 14.7. The fourth-order valence-electron chi connectivity index (χ4n) is 2.13. The third-order valence-electron chi connectivity index (χ3n) is 3.26. The van der Waals surface area contributed by atoms with Crippen molar-refractivity contribution in [3.05, 3.63) is 34.1 Å². The van der Waals surface area contributed by atoms with Crippen LogP contribution in [0.15, 0.2) is 28.7 Å². The fourth-order valence-corrected chi connectivity index (χ4v) is 2.44. The third-order valence-corrected chi connectivity index (χ3v) is 3.81. The molecule has 23 heavy (non-hydrogen) atoms. The van der Waals surface area contributed by atoms with Gasteiger partial charge in [-0.15, -0.1) is 5.10 Å². The summed E-state index contributed by atoms with van der Waals surface area (Å²) in [5.41, 5.74) is 0.796. The maximum atomic E-state index is 11.5. The van der Waals surface area contributed by atoms with Crippen molar-refractivity contribution in [2.24, 2.45) is 5.92 Å². The first-order valence-corrected chi connectivity index (χ1v) is 7.79. The Morgan fingerprint density at radius 1 is 1.48 bits per heavy atom. The van der Waals surface area contributed by atoms with E-state index in [2.05, 4.69) is 5.10 Å². The molecule has 0 radical (unpaired) electrons. The summed E-state index contributed by atoms with van der Waals surface area (Å²) in [7, 11) is 3.25. The number of hydrogen-bond acceptors (Lipinski definition) is 6. The molecule has 0 fully saturated rings. The Balaban J connectivity index is 2.08. The van der Waals surface area contributed by atoms with E-state index in [-0.39, 0.29) is 16.7 Å². The van der Waals surface area contributed by atoms with E-state index in [0.717, 1.165) is 5.56 Å². The van der Waals surface area contributed by atoms with E-state index < -0.39 is 0 Å². The summed E-state index contributed by atoms with van der Waals surface area (Å²) in [6, 6.07) is 7.16. The van der Waals surface area contributed by atoms with Gasteiger partial charge in [0.05, 0.1) is 19.7 Å². The van der Waals surface area contributed by atoms with Crippen molar-refractivity contribution in [2.45, 2.75) is 13.6 Å². The molecular formula is C15H18ClN3O3S. The molecule has 0 amide bonds. The Morgan fingerprint density at radius 3 is 2.74 bits per heavy atom. The summed E-state index contributed by atoms with van der Waals surface area (Å²) in [5.74, 6) is -0.0506. The zero-order valence-electron chi connectivity index (χ0n) is 13.2. The standard InChI is InChI=1S/C15H18ClN3O3S/c1-10(14(20)21-3)8-18(2)9-19-15(23)22-13(17-19)11-4-6-12(16)7-5-11/h4-7,10H,8-9H2,1-3H3. The second-order valence-electron chi connectivity index (χ2n) is 5.28. The van der Waals surface area contributed by atoms with Crippen LogP contribution in [-0.4, -0.2) is 41.4 Å². The molecule has 2 aromatic rings. The van der Waals surface area contributed by atoms with Crippen LogP contribution in [-0.2, 0) is 16.2 Å². The molecule has 1 aromatic heterocycles. The molecule has 1 unspecified atom stereocenters. The quantitative estimate of drug-likeness (QED) is 0.585. The monoisotopic (exact) mass is 355 g/mol. The van der Waals surface area contributed by atoms with Gasteiger partial charge in [-0.25, -0.2) is 4.68 Å². The van der Waals surface area contributed by atoms with Crippen LogP contribution in [0.3, 0.4) is 0 Å². The van der Waals surface area contributed by atoms with Crippen LogP contribution < -0.4 is 0 Å². The molecule has 0 saturated carbocycles. The van der Waals surface area contributed by atoms with Gasteiger partial charge in [-0.05, 0) is 43.5 Å². The Kier molecular flexibility index (Phi) is 5.92. The number of ether oxygens (including phenoxy) is 1. The van der Waals surface area contributed by atoms with Gasteiger partial charge in [-0.3, -0.25) is 9.69 Å². The molecule has 1 atom stereocenters. The molecule has 0 bridgehead atoms. The van der Waals surface area contributed by atoms with Gasteiger partial charge >= 0.3 is 5.97 Å². The first kappa shape index (κ1) is 17.7. The molecule has 0 spiro atoms. The Labute approximate surface area is 144 Å². The average molecular weight is 356 g/mol. The second kappa shape index (κ2) is 7.72. The normalized spacial score (nSPS) is 12.4. The summed E-state index contributed by atoms with van der Waals surface area (Å²) in [6.07, 6.45) is 0. The minimum Gasteiger partial charge on any atom is -0.469 e. The number of halogens is 1. The van der Waals surface area contributed by atoms with Gasteiger partial charge in [0.25, 0.3) is 4.84 Å². The summed E-state index contributed by atoms with van der Waals surface area (Å²) in [6.45, 7) is 2.75. The van der Waals surface area contributed by atoms with Crippen LogP contribution in [0.2, 0.25) is 5.02 Å². The minimum absolute atomic E-state index is 0.234. The van der Waals surface area contributed by atoms with E-state index in [9.17, 15) is 4.79 Å². The number of carbonyl (C=O) groups is 1. The number of methoxy groups -OCH3 is 1. The SMILES string of the molecule is COC(=O)C(C)CN(C)Cn1nc(-c2ccc(Cl)cc2)oc1=S. The highest BCUT2D eigenvalue weighted by molar-refractivity contribution is 7.71. The zero-order chi connectivity index (χ0) is 17.0. The molecule has 8 heteroatoms. The molecule has 0 N–H and O–H groups in total. The Hall–Kier alpha value is -1.70. The molecule has 0 aliphatic heterocycles. The van der Waals surface area contributed by atoms with Gasteiger partial charge in [-0.1, -0.05) is 18.5 Å². The average Bonchev–Trinajstić information content (AvgIpc) is 2.87. The van der Waals surface area contributed by atoms with Gasteiger partial charge < -0.3 is 9.15 Å². The first-order valence-electron chi connectivity index (χ1n) is 7.01. The molecular weight excluding hydrogens is 338 g/mol. The summed E-state index contributed by atoms with van der Waals surface area (Å²) in [5, 5.41) is 5.01. The topological polar surface area (TPSA) is 60.5 Å². The van der Waals surface area contributed by atoms with Crippen LogP contribution in [0, 0.1) is 10.8 Å². The molecule has 1 heterocycles. The number of esters is 1. The minimum atomic E-state index is -0.248. The van der Waals surface area contributed by atoms with Gasteiger partial charge in [-0.2, -0.15) is 0 Å². The molecule has 2 rings (SSSR count). The van der Waals surface area contributed by atoms with Crippen molar-refractivity contribution in [1.82, 2.24) is 14.7 Å². The van der Waals surface area contributed by atoms with E-state index in [4.69, 9.17) is 33.0 Å². The van der Waals surface area contributed by atoms with E-state index in [1.165, 1.54) is 7.11 Å². The number of rotatable bonds is 6. The predicted octanol–water partition coefficient (Wildman–Crippen LogP) is 3.22. The lowest BCUT2D eigenvalue weighted by Gasteiger charge is -2.19. The van der Waals surface area contributed by atoms with Crippen molar-refractivity contribution in [2.75, 3.05) is 20.7 Å². The van der Waals surface area contributed by atoms with Crippen molar-refractivity contribution in [3.63, 3.8) is 0 Å². The number of benzene rings is 1. The van der Waals surface area contributed by atoms with Crippen molar-refractivity contribution >= 4 is 29.8 Å². The van der Waals surface area contributed by atoms with E-state index in [0.29, 0.717) is 24.1 Å². The van der Waals surface area contributed by atoms with Crippen LogP contribution in [0.5, 0.6) is 0 Å². The highest BCUT2D eigenvalue weighted by atomic mass is 35.5. The molecule has 1 aromatic carbocycles. The lowest BCUT2D eigenvalue weighted by atomic mass is 10.2.